The number of carboxylic acid groups (broad SMARTS) is 1. The van der Waals surface area contributed by atoms with Crippen molar-refractivity contribution in [2.75, 3.05) is 0 Å². The molecule has 1 atom stereocenters. The molecule has 2 N–H and O–H groups in total. The van der Waals surface area contributed by atoms with Gasteiger partial charge in [0.25, 0.3) is 0 Å². The van der Waals surface area contributed by atoms with Crippen LogP contribution in [0.5, 0.6) is 5.75 Å². The molecular weight excluding hydrogens is 528 g/mol. The van der Waals surface area contributed by atoms with E-state index >= 15 is 0 Å². The molecule has 0 fully saturated rings. The third kappa shape index (κ3) is 4.01. The van der Waals surface area contributed by atoms with Crippen LogP contribution in [0.15, 0.2) is 6.07 Å². The fraction of sp³-hybridized carbons (Fsp3) is 0.467. The summed E-state index contributed by atoms with van der Waals surface area (Å²) in [5.41, 5.74) is 0.901. The summed E-state index contributed by atoms with van der Waals surface area (Å²) in [6.07, 6.45) is -0.472. The SMILES string of the molecule is CC(C)(C)OC(=O)N1Cc2c(cc(I)c(O)c2I)C[C@@H]1C(=O)O. The lowest BCUT2D eigenvalue weighted by molar-refractivity contribution is -0.143. The summed E-state index contributed by atoms with van der Waals surface area (Å²) in [5, 5.41) is 19.6. The predicted molar refractivity (Wildman–Crippen MR) is 100 cm³/mol. The second-order valence-corrected chi connectivity index (χ2v) is 8.57. The fourth-order valence-corrected chi connectivity index (χ4v) is 4.35. The van der Waals surface area contributed by atoms with E-state index in [-0.39, 0.29) is 18.7 Å². The van der Waals surface area contributed by atoms with Crippen molar-refractivity contribution in [3.05, 3.63) is 24.3 Å². The van der Waals surface area contributed by atoms with Crippen LogP contribution in [0.25, 0.3) is 0 Å². The molecule has 0 saturated heterocycles. The van der Waals surface area contributed by atoms with Crippen molar-refractivity contribution in [3.63, 3.8) is 0 Å². The Morgan fingerprint density at radius 2 is 1.96 bits per heavy atom. The summed E-state index contributed by atoms with van der Waals surface area (Å²) >= 11 is 4.03. The quantitative estimate of drug-likeness (QED) is 0.530. The molecule has 0 saturated carbocycles. The van der Waals surface area contributed by atoms with E-state index < -0.39 is 23.7 Å². The number of aromatic hydroxyl groups is 1. The van der Waals surface area contributed by atoms with Crippen molar-refractivity contribution >= 4 is 57.2 Å². The highest BCUT2D eigenvalue weighted by molar-refractivity contribution is 14.1. The number of hydrogen-bond donors (Lipinski definition) is 2. The first-order chi connectivity index (χ1) is 10.5. The molecule has 1 heterocycles. The van der Waals surface area contributed by atoms with Crippen molar-refractivity contribution in [1.82, 2.24) is 4.90 Å². The standard InChI is InChI=1S/C15H17I2NO5/c1-15(2,3)23-14(22)18-6-8-7(5-10(18)13(20)21)4-9(16)12(19)11(8)17/h4,10,19H,5-6H2,1-3H3,(H,20,21)/t10-/m1/s1. The lowest BCUT2D eigenvalue weighted by Crippen LogP contribution is -2.50. The largest absolute Gasteiger partial charge is 0.506 e. The van der Waals surface area contributed by atoms with Gasteiger partial charge in [-0.15, -0.1) is 0 Å². The summed E-state index contributed by atoms with van der Waals surface area (Å²) in [7, 11) is 0. The van der Waals surface area contributed by atoms with Crippen molar-refractivity contribution < 1.29 is 24.5 Å². The third-order valence-corrected chi connectivity index (χ3v) is 5.40. The lowest BCUT2D eigenvalue weighted by Gasteiger charge is -2.36. The van der Waals surface area contributed by atoms with Gasteiger partial charge in [0.2, 0.25) is 0 Å². The zero-order valence-electron chi connectivity index (χ0n) is 12.9. The Balaban J connectivity index is 2.43. The van der Waals surface area contributed by atoms with Gasteiger partial charge in [0, 0.05) is 6.42 Å². The van der Waals surface area contributed by atoms with E-state index in [2.05, 4.69) is 0 Å². The highest BCUT2D eigenvalue weighted by Crippen LogP contribution is 2.36. The molecule has 0 unspecified atom stereocenters. The molecule has 0 bridgehead atoms. The molecular formula is C15H17I2NO5. The minimum Gasteiger partial charge on any atom is -0.506 e. The van der Waals surface area contributed by atoms with Gasteiger partial charge in [-0.3, -0.25) is 4.90 Å². The molecule has 0 aliphatic carbocycles. The Morgan fingerprint density at radius 3 is 2.48 bits per heavy atom. The summed E-state index contributed by atoms with van der Waals surface area (Å²) in [4.78, 5) is 25.2. The number of ether oxygens (including phenoxy) is 1. The average molecular weight is 545 g/mol. The van der Waals surface area contributed by atoms with Crippen molar-refractivity contribution in [2.24, 2.45) is 0 Å². The Morgan fingerprint density at radius 1 is 1.35 bits per heavy atom. The van der Waals surface area contributed by atoms with Gasteiger partial charge in [-0.05, 0) is 83.1 Å². The second kappa shape index (κ2) is 6.61. The molecule has 6 nitrogen and oxygen atoms in total. The number of carbonyl (C=O) groups excluding carboxylic acids is 1. The van der Waals surface area contributed by atoms with Gasteiger partial charge in [0.15, 0.2) is 0 Å². The molecule has 2 rings (SSSR count). The Kier molecular flexibility index (Phi) is 5.34. The maximum Gasteiger partial charge on any atom is 0.411 e. The number of halogens is 2. The van der Waals surface area contributed by atoms with Crippen LogP contribution in [0, 0.1) is 7.14 Å². The van der Waals surface area contributed by atoms with Gasteiger partial charge in [-0.1, -0.05) is 0 Å². The topological polar surface area (TPSA) is 87.1 Å². The second-order valence-electron chi connectivity index (χ2n) is 6.33. The van der Waals surface area contributed by atoms with E-state index in [1.165, 1.54) is 4.90 Å². The molecule has 1 aromatic rings. The van der Waals surface area contributed by atoms with E-state index in [1.54, 1.807) is 26.8 Å². The van der Waals surface area contributed by atoms with Gasteiger partial charge >= 0.3 is 12.1 Å². The smallest absolute Gasteiger partial charge is 0.411 e. The van der Waals surface area contributed by atoms with Crippen LogP contribution >= 0.6 is 45.2 Å². The first-order valence-corrected chi connectivity index (χ1v) is 9.08. The van der Waals surface area contributed by atoms with E-state index in [4.69, 9.17) is 4.74 Å². The van der Waals surface area contributed by atoms with E-state index in [0.717, 1.165) is 11.1 Å². The summed E-state index contributed by atoms with van der Waals surface area (Å²) in [6, 6.07) is 0.795. The average Bonchev–Trinajstić information content (AvgIpc) is 2.41. The summed E-state index contributed by atoms with van der Waals surface area (Å²) in [5.74, 6) is -0.914. The maximum absolute atomic E-state index is 12.4. The van der Waals surface area contributed by atoms with Gasteiger partial charge in [-0.25, -0.2) is 9.59 Å². The van der Waals surface area contributed by atoms with Crippen LogP contribution in [-0.2, 0) is 22.5 Å². The molecule has 1 aliphatic heterocycles. The molecule has 126 valence electrons. The van der Waals surface area contributed by atoms with Crippen molar-refractivity contribution in [3.8, 4) is 5.75 Å². The van der Waals surface area contributed by atoms with E-state index in [0.29, 0.717) is 7.14 Å². The number of benzene rings is 1. The van der Waals surface area contributed by atoms with Crippen LogP contribution in [-0.4, -0.2) is 38.8 Å². The van der Waals surface area contributed by atoms with Gasteiger partial charge < -0.3 is 14.9 Å². The monoisotopic (exact) mass is 545 g/mol. The van der Waals surface area contributed by atoms with Gasteiger partial charge in [0.1, 0.15) is 17.4 Å². The number of phenols is 1. The van der Waals surface area contributed by atoms with Gasteiger partial charge in [0.05, 0.1) is 13.7 Å². The number of rotatable bonds is 1. The minimum absolute atomic E-state index is 0.101. The summed E-state index contributed by atoms with van der Waals surface area (Å²) in [6.45, 7) is 5.30. The first-order valence-electron chi connectivity index (χ1n) is 6.92. The number of carboxylic acids is 1. The number of fused-ring (bicyclic) bond motifs is 1. The summed E-state index contributed by atoms with van der Waals surface area (Å²) < 4.78 is 6.63. The maximum atomic E-state index is 12.4. The number of amides is 1. The predicted octanol–water partition coefficient (Wildman–Crippen LogP) is 3.35. The highest BCUT2D eigenvalue weighted by Gasteiger charge is 2.38. The van der Waals surface area contributed by atoms with Crippen molar-refractivity contribution in [1.29, 1.82) is 0 Å². The molecule has 8 heteroatoms. The zero-order valence-corrected chi connectivity index (χ0v) is 17.2. The van der Waals surface area contributed by atoms with Crippen LogP contribution < -0.4 is 0 Å². The highest BCUT2D eigenvalue weighted by atomic mass is 127. The van der Waals surface area contributed by atoms with E-state index in [9.17, 15) is 19.8 Å². The van der Waals surface area contributed by atoms with E-state index in [1.807, 2.05) is 45.2 Å². The molecule has 0 aromatic heterocycles. The molecule has 0 spiro atoms. The van der Waals surface area contributed by atoms with Gasteiger partial charge in [-0.2, -0.15) is 0 Å². The number of hydrogen-bond acceptors (Lipinski definition) is 4. The fourth-order valence-electron chi connectivity index (χ4n) is 2.38. The molecule has 0 radical (unpaired) electrons. The molecule has 23 heavy (non-hydrogen) atoms. The van der Waals surface area contributed by atoms with Crippen LogP contribution in [0.3, 0.4) is 0 Å². The molecule has 1 amide bonds. The minimum atomic E-state index is -1.07. The van der Waals surface area contributed by atoms with Crippen molar-refractivity contribution in [2.45, 2.75) is 45.4 Å². The Labute approximate surface area is 161 Å². The van der Waals surface area contributed by atoms with Crippen LogP contribution in [0.4, 0.5) is 4.79 Å². The number of nitrogens with zero attached hydrogens (tertiary/aromatic N) is 1. The zero-order chi connectivity index (χ0) is 17.5. The number of phenolic OH excluding ortho intramolecular Hbond substituents is 1. The van der Waals surface area contributed by atoms with Crippen LogP contribution in [0.1, 0.15) is 31.9 Å². The van der Waals surface area contributed by atoms with Crippen LogP contribution in [0.2, 0.25) is 0 Å². The third-order valence-electron chi connectivity index (χ3n) is 3.42. The number of aliphatic carboxylic acids is 1. The Bertz CT molecular complexity index is 669. The normalized spacial score (nSPS) is 17.6. The Hall–Kier alpha value is -0.780. The number of carbonyl (C=O) groups is 2. The lowest BCUT2D eigenvalue weighted by atomic mass is 9.94. The first kappa shape index (κ1) is 18.6. The molecule has 1 aromatic carbocycles. The molecule has 1 aliphatic rings.